The van der Waals surface area contributed by atoms with E-state index in [-0.39, 0.29) is 12.0 Å². The van der Waals surface area contributed by atoms with E-state index < -0.39 is 0 Å². The number of nitrogens with zero attached hydrogens (tertiary/aromatic N) is 3. The van der Waals surface area contributed by atoms with Crippen LogP contribution in [0.15, 0.2) is 30.3 Å². The fraction of sp³-hybridized carbons (Fsp3) is 0.720. The number of methoxy groups -OCH3 is 1. The molecule has 0 bridgehead atoms. The smallest absolute Gasteiger partial charge is 0.227 e. The molecule has 5 heteroatoms. The zero-order valence-electron chi connectivity index (χ0n) is 18.7. The molecule has 30 heavy (non-hydrogen) atoms. The highest BCUT2D eigenvalue weighted by Crippen LogP contribution is 2.29. The molecule has 1 aliphatic carbocycles. The number of hydrogen-bond donors (Lipinski definition) is 0. The van der Waals surface area contributed by atoms with Crippen LogP contribution in [0.3, 0.4) is 0 Å². The van der Waals surface area contributed by atoms with Gasteiger partial charge in [-0.05, 0) is 37.8 Å². The zero-order chi connectivity index (χ0) is 20.8. The van der Waals surface area contributed by atoms with Gasteiger partial charge in [-0.25, -0.2) is 0 Å². The van der Waals surface area contributed by atoms with Crippen LogP contribution in [0.2, 0.25) is 0 Å². The summed E-state index contributed by atoms with van der Waals surface area (Å²) in [7, 11) is 1.76. The van der Waals surface area contributed by atoms with Gasteiger partial charge >= 0.3 is 0 Å². The Morgan fingerprint density at radius 3 is 2.37 bits per heavy atom. The van der Waals surface area contributed by atoms with E-state index in [1.54, 1.807) is 7.11 Å². The lowest BCUT2D eigenvalue weighted by Crippen LogP contribution is -2.57. The van der Waals surface area contributed by atoms with E-state index in [0.717, 1.165) is 58.2 Å². The summed E-state index contributed by atoms with van der Waals surface area (Å²) < 4.78 is 5.59. The second-order valence-corrected chi connectivity index (χ2v) is 9.38. The van der Waals surface area contributed by atoms with Gasteiger partial charge in [-0.1, -0.05) is 49.6 Å². The van der Waals surface area contributed by atoms with Crippen LogP contribution in [0.5, 0.6) is 0 Å². The van der Waals surface area contributed by atoms with Crippen molar-refractivity contribution in [3.63, 3.8) is 0 Å². The summed E-state index contributed by atoms with van der Waals surface area (Å²) in [4.78, 5) is 20.8. The van der Waals surface area contributed by atoms with Gasteiger partial charge in [-0.3, -0.25) is 14.6 Å². The molecule has 0 radical (unpaired) electrons. The maximum atomic E-state index is 13.5. The van der Waals surface area contributed by atoms with Crippen LogP contribution in [0.1, 0.15) is 50.5 Å². The summed E-state index contributed by atoms with van der Waals surface area (Å²) in [5.41, 5.74) is 1.31. The van der Waals surface area contributed by atoms with Gasteiger partial charge in [0.2, 0.25) is 5.91 Å². The lowest BCUT2D eigenvalue weighted by molar-refractivity contribution is -0.143. The van der Waals surface area contributed by atoms with Crippen LogP contribution in [0, 0.1) is 5.92 Å². The van der Waals surface area contributed by atoms with Gasteiger partial charge in [-0.2, -0.15) is 0 Å². The fourth-order valence-electron chi connectivity index (χ4n) is 5.81. The SMILES string of the molecule is COC[C@@H]1[C@H](C(=O)N2CCN(C3CCCCC3)CC2)CCCN1Cc1ccccc1. The Bertz CT molecular complexity index is 654. The van der Waals surface area contributed by atoms with Crippen molar-refractivity contribution >= 4 is 5.91 Å². The van der Waals surface area contributed by atoms with Crippen LogP contribution in [-0.2, 0) is 16.1 Å². The maximum Gasteiger partial charge on any atom is 0.227 e. The molecule has 1 saturated carbocycles. The maximum absolute atomic E-state index is 13.5. The largest absolute Gasteiger partial charge is 0.383 e. The van der Waals surface area contributed by atoms with E-state index in [0.29, 0.717) is 12.5 Å². The first-order chi connectivity index (χ1) is 14.8. The van der Waals surface area contributed by atoms with E-state index in [1.807, 2.05) is 0 Å². The summed E-state index contributed by atoms with van der Waals surface area (Å²) in [6, 6.07) is 11.5. The van der Waals surface area contributed by atoms with Crippen molar-refractivity contribution < 1.29 is 9.53 Å². The van der Waals surface area contributed by atoms with Crippen LogP contribution in [-0.4, -0.2) is 79.1 Å². The summed E-state index contributed by atoms with van der Waals surface area (Å²) in [6.45, 7) is 6.45. The molecule has 0 spiro atoms. The average Bonchev–Trinajstić information content (AvgIpc) is 2.81. The molecule has 2 atom stereocenters. The lowest BCUT2D eigenvalue weighted by atomic mass is 9.87. The summed E-state index contributed by atoms with van der Waals surface area (Å²) in [6.07, 6.45) is 8.93. The molecule has 2 aliphatic heterocycles. The van der Waals surface area contributed by atoms with Crippen molar-refractivity contribution in [2.75, 3.05) is 46.4 Å². The first kappa shape index (κ1) is 21.8. The molecule has 5 nitrogen and oxygen atoms in total. The topological polar surface area (TPSA) is 36.0 Å². The Morgan fingerprint density at radius 1 is 0.933 bits per heavy atom. The number of piperazine rings is 1. The number of amides is 1. The van der Waals surface area contributed by atoms with Gasteiger partial charge in [-0.15, -0.1) is 0 Å². The van der Waals surface area contributed by atoms with E-state index in [1.165, 1.54) is 37.7 Å². The molecular weight excluding hydrogens is 374 g/mol. The predicted octanol–water partition coefficient (Wildman–Crippen LogP) is 3.39. The summed E-state index contributed by atoms with van der Waals surface area (Å²) in [5, 5.41) is 0. The number of rotatable bonds is 6. The van der Waals surface area contributed by atoms with Crippen LogP contribution in [0.4, 0.5) is 0 Å². The van der Waals surface area contributed by atoms with Crippen molar-refractivity contribution in [3.05, 3.63) is 35.9 Å². The normalized spacial score (nSPS) is 27.3. The third-order valence-electron chi connectivity index (χ3n) is 7.49. The second kappa shape index (κ2) is 10.7. The van der Waals surface area contributed by atoms with Crippen molar-refractivity contribution in [2.24, 2.45) is 5.92 Å². The monoisotopic (exact) mass is 413 g/mol. The third-order valence-corrected chi connectivity index (χ3v) is 7.49. The molecule has 1 aromatic rings. The Kier molecular flexibility index (Phi) is 7.80. The molecule has 4 rings (SSSR count). The van der Waals surface area contributed by atoms with Gasteiger partial charge in [0.25, 0.3) is 0 Å². The lowest BCUT2D eigenvalue weighted by Gasteiger charge is -2.45. The number of carbonyl (C=O) groups excluding carboxylic acids is 1. The van der Waals surface area contributed by atoms with Crippen molar-refractivity contribution in [1.29, 1.82) is 0 Å². The van der Waals surface area contributed by atoms with E-state index >= 15 is 0 Å². The number of hydrogen-bond acceptors (Lipinski definition) is 4. The molecule has 1 aromatic carbocycles. The first-order valence-electron chi connectivity index (χ1n) is 12.1. The van der Waals surface area contributed by atoms with Gasteiger partial charge in [0.05, 0.1) is 12.5 Å². The van der Waals surface area contributed by atoms with E-state index in [4.69, 9.17) is 4.74 Å². The highest BCUT2D eigenvalue weighted by atomic mass is 16.5. The van der Waals surface area contributed by atoms with Gasteiger partial charge < -0.3 is 9.64 Å². The first-order valence-corrected chi connectivity index (χ1v) is 12.1. The number of benzene rings is 1. The Labute approximate surface area is 182 Å². The standard InChI is InChI=1S/C25H39N3O2/c1-30-20-24-23(13-8-14-28(24)19-21-9-4-2-5-10-21)25(29)27-17-15-26(16-18-27)22-11-6-3-7-12-22/h2,4-5,9-10,22-24H,3,6-8,11-20H2,1H3/t23-,24-/m1/s1. The minimum atomic E-state index is 0.0589. The number of likely N-dealkylation sites (tertiary alicyclic amines) is 1. The van der Waals surface area contributed by atoms with Crippen molar-refractivity contribution in [3.8, 4) is 0 Å². The van der Waals surface area contributed by atoms with Crippen molar-refractivity contribution in [2.45, 2.75) is 63.6 Å². The molecule has 0 N–H and O–H groups in total. The van der Waals surface area contributed by atoms with Crippen LogP contribution >= 0.6 is 0 Å². The molecular formula is C25H39N3O2. The Hall–Kier alpha value is -1.43. The van der Waals surface area contributed by atoms with Gasteiger partial charge in [0.15, 0.2) is 0 Å². The highest BCUT2D eigenvalue weighted by Gasteiger charge is 2.39. The molecule has 3 fully saturated rings. The fourth-order valence-corrected chi connectivity index (χ4v) is 5.81. The molecule has 0 aromatic heterocycles. The molecule has 166 valence electrons. The summed E-state index contributed by atoms with van der Waals surface area (Å²) in [5.74, 6) is 0.418. The Morgan fingerprint density at radius 2 is 1.67 bits per heavy atom. The van der Waals surface area contributed by atoms with Gasteiger partial charge in [0.1, 0.15) is 0 Å². The quantitative estimate of drug-likeness (QED) is 0.716. The van der Waals surface area contributed by atoms with Crippen molar-refractivity contribution in [1.82, 2.24) is 14.7 Å². The summed E-state index contributed by atoms with van der Waals surface area (Å²) >= 11 is 0. The number of ether oxygens (including phenoxy) is 1. The third kappa shape index (κ3) is 5.24. The van der Waals surface area contributed by atoms with Crippen LogP contribution in [0.25, 0.3) is 0 Å². The van der Waals surface area contributed by atoms with E-state index in [2.05, 4.69) is 45.0 Å². The van der Waals surface area contributed by atoms with Crippen LogP contribution < -0.4 is 0 Å². The molecule has 1 amide bonds. The van der Waals surface area contributed by atoms with Gasteiger partial charge in [0, 0.05) is 51.9 Å². The second-order valence-electron chi connectivity index (χ2n) is 9.38. The molecule has 0 unspecified atom stereocenters. The number of piperidine rings is 1. The minimum absolute atomic E-state index is 0.0589. The molecule has 2 heterocycles. The zero-order valence-corrected chi connectivity index (χ0v) is 18.7. The average molecular weight is 414 g/mol. The highest BCUT2D eigenvalue weighted by molar-refractivity contribution is 5.80. The minimum Gasteiger partial charge on any atom is -0.383 e. The Balaban J connectivity index is 1.37. The molecule has 2 saturated heterocycles. The predicted molar refractivity (Wildman–Crippen MR) is 120 cm³/mol. The number of carbonyl (C=O) groups is 1. The molecule has 3 aliphatic rings. The van der Waals surface area contributed by atoms with E-state index in [9.17, 15) is 4.79 Å².